The van der Waals surface area contributed by atoms with E-state index in [-0.39, 0.29) is 0 Å². The van der Waals surface area contributed by atoms with Crippen LogP contribution in [0.15, 0.2) is 0 Å². The van der Waals surface area contributed by atoms with Gasteiger partial charge in [0.2, 0.25) is 0 Å². The average Bonchev–Trinajstić information content (AvgIpc) is 2.50. The second kappa shape index (κ2) is 3.21. The van der Waals surface area contributed by atoms with Gasteiger partial charge in [0.15, 0.2) is 0 Å². The molecule has 0 aromatic rings. The van der Waals surface area contributed by atoms with Crippen LogP contribution in [0.1, 0.15) is 27.7 Å². The summed E-state index contributed by atoms with van der Waals surface area (Å²) >= 11 is 0. The third-order valence-corrected chi connectivity index (χ3v) is 4.97. The molecule has 14 heavy (non-hydrogen) atoms. The highest BCUT2D eigenvalue weighted by molar-refractivity contribution is 5.13. The van der Waals surface area contributed by atoms with Crippen LogP contribution in [0.3, 0.4) is 0 Å². The van der Waals surface area contributed by atoms with E-state index in [1.54, 1.807) is 0 Å². The molecule has 0 aromatic carbocycles. The largest absolute Gasteiger partial charge is 0.314 e. The van der Waals surface area contributed by atoms with Crippen molar-refractivity contribution in [2.24, 2.45) is 16.7 Å². The maximum absolute atomic E-state index is 3.41. The van der Waals surface area contributed by atoms with Gasteiger partial charge in [-0.05, 0) is 16.7 Å². The summed E-state index contributed by atoms with van der Waals surface area (Å²) in [6, 6.07) is 0. The second-order valence-corrected chi connectivity index (χ2v) is 6.05. The molecule has 2 aliphatic rings. The molecule has 1 heterocycles. The van der Waals surface area contributed by atoms with E-state index in [4.69, 9.17) is 0 Å². The molecule has 2 nitrogen and oxygen atoms in total. The van der Waals surface area contributed by atoms with Crippen molar-refractivity contribution in [2.45, 2.75) is 27.7 Å². The van der Waals surface area contributed by atoms with Crippen LogP contribution in [0.5, 0.6) is 0 Å². The van der Waals surface area contributed by atoms with Gasteiger partial charge >= 0.3 is 0 Å². The Bertz CT molecular complexity index is 200. The first kappa shape index (κ1) is 10.4. The monoisotopic (exact) mass is 196 g/mol. The molecule has 1 aliphatic heterocycles. The fraction of sp³-hybridized carbons (Fsp3) is 1.00. The van der Waals surface area contributed by atoms with Crippen LogP contribution >= 0.6 is 0 Å². The maximum atomic E-state index is 3.41. The molecular weight excluding hydrogens is 172 g/mol. The van der Waals surface area contributed by atoms with Gasteiger partial charge in [-0.3, -0.25) is 0 Å². The number of rotatable bonds is 2. The van der Waals surface area contributed by atoms with Gasteiger partial charge in [0.05, 0.1) is 0 Å². The Balaban J connectivity index is 1.87. The maximum Gasteiger partial charge on any atom is 0.0107 e. The van der Waals surface area contributed by atoms with Crippen LogP contribution in [0, 0.1) is 16.7 Å². The molecule has 1 aliphatic carbocycles. The van der Waals surface area contributed by atoms with Gasteiger partial charge in [0, 0.05) is 32.7 Å². The Morgan fingerprint density at radius 2 is 1.57 bits per heavy atom. The molecule has 2 rings (SSSR count). The second-order valence-electron chi connectivity index (χ2n) is 6.05. The first-order valence-electron chi connectivity index (χ1n) is 5.89. The van der Waals surface area contributed by atoms with E-state index in [1.165, 1.54) is 32.7 Å². The van der Waals surface area contributed by atoms with Gasteiger partial charge in [-0.2, -0.15) is 0 Å². The van der Waals surface area contributed by atoms with Crippen LogP contribution in [0.2, 0.25) is 0 Å². The lowest BCUT2D eigenvalue weighted by molar-refractivity contribution is 0.218. The number of hydrogen-bond donors (Lipinski definition) is 1. The Kier molecular flexibility index (Phi) is 2.39. The highest BCUT2D eigenvalue weighted by atomic mass is 15.2. The summed E-state index contributed by atoms with van der Waals surface area (Å²) in [6.45, 7) is 15.8. The number of hydrogen-bond acceptors (Lipinski definition) is 2. The topological polar surface area (TPSA) is 15.3 Å². The number of nitrogens with zero attached hydrogens (tertiary/aromatic N) is 1. The molecule has 1 saturated carbocycles. The minimum absolute atomic E-state index is 0.553. The molecule has 1 saturated heterocycles. The summed E-state index contributed by atoms with van der Waals surface area (Å²) in [5.74, 6) is 0.896. The molecule has 2 heteroatoms. The Morgan fingerprint density at radius 1 is 1.07 bits per heavy atom. The Morgan fingerprint density at radius 3 is 2.00 bits per heavy atom. The van der Waals surface area contributed by atoms with Crippen molar-refractivity contribution in [1.82, 2.24) is 10.2 Å². The lowest BCUT2D eigenvalue weighted by Gasteiger charge is -2.27. The van der Waals surface area contributed by atoms with Gasteiger partial charge < -0.3 is 10.2 Å². The third-order valence-electron chi connectivity index (χ3n) is 4.97. The van der Waals surface area contributed by atoms with Crippen LogP contribution in [-0.2, 0) is 0 Å². The summed E-state index contributed by atoms with van der Waals surface area (Å²) in [4.78, 5) is 2.62. The minimum Gasteiger partial charge on any atom is -0.314 e. The lowest BCUT2D eigenvalue weighted by Crippen LogP contribution is -2.44. The standard InChI is InChI=1S/C12H24N2/c1-11(2)10(12(11,3)4)9-14-7-5-13-6-8-14/h10,13H,5-9H2,1-4H3. The molecule has 0 atom stereocenters. The van der Waals surface area contributed by atoms with Crippen LogP contribution in [0.4, 0.5) is 0 Å². The number of nitrogens with one attached hydrogen (secondary N) is 1. The van der Waals surface area contributed by atoms with E-state index < -0.39 is 0 Å². The van der Waals surface area contributed by atoms with Crippen LogP contribution < -0.4 is 5.32 Å². The predicted molar refractivity (Wildman–Crippen MR) is 60.4 cm³/mol. The molecule has 0 amide bonds. The van der Waals surface area contributed by atoms with E-state index in [2.05, 4.69) is 37.9 Å². The third kappa shape index (κ3) is 1.49. The molecule has 1 N–H and O–H groups in total. The molecule has 82 valence electrons. The zero-order chi connectivity index (χ0) is 10.4. The van der Waals surface area contributed by atoms with Gasteiger partial charge in [-0.1, -0.05) is 27.7 Å². The Hall–Kier alpha value is -0.0800. The molecule has 2 fully saturated rings. The van der Waals surface area contributed by atoms with Gasteiger partial charge in [0.25, 0.3) is 0 Å². The zero-order valence-electron chi connectivity index (χ0n) is 10.1. The molecule has 0 radical (unpaired) electrons. The smallest absolute Gasteiger partial charge is 0.0107 e. The highest BCUT2D eigenvalue weighted by Gasteiger charge is 2.64. The predicted octanol–water partition coefficient (Wildman–Crippen LogP) is 1.57. The van der Waals surface area contributed by atoms with Crippen LogP contribution in [0.25, 0.3) is 0 Å². The average molecular weight is 196 g/mol. The molecule has 0 unspecified atom stereocenters. The summed E-state index contributed by atoms with van der Waals surface area (Å²) < 4.78 is 0. The van der Waals surface area contributed by atoms with Crippen molar-refractivity contribution in [1.29, 1.82) is 0 Å². The molecular formula is C12H24N2. The van der Waals surface area contributed by atoms with E-state index in [0.29, 0.717) is 10.8 Å². The fourth-order valence-electron chi connectivity index (χ4n) is 2.94. The highest BCUT2D eigenvalue weighted by Crippen LogP contribution is 2.68. The summed E-state index contributed by atoms with van der Waals surface area (Å²) in [5, 5.41) is 3.41. The first-order valence-corrected chi connectivity index (χ1v) is 5.89. The van der Waals surface area contributed by atoms with E-state index in [0.717, 1.165) is 5.92 Å². The van der Waals surface area contributed by atoms with Crippen molar-refractivity contribution in [2.75, 3.05) is 32.7 Å². The van der Waals surface area contributed by atoms with E-state index in [9.17, 15) is 0 Å². The quantitative estimate of drug-likeness (QED) is 0.721. The molecule has 0 spiro atoms. The minimum atomic E-state index is 0.553. The van der Waals surface area contributed by atoms with Crippen LogP contribution in [-0.4, -0.2) is 37.6 Å². The van der Waals surface area contributed by atoms with Crippen molar-refractivity contribution in [3.05, 3.63) is 0 Å². The van der Waals surface area contributed by atoms with E-state index >= 15 is 0 Å². The first-order chi connectivity index (χ1) is 6.46. The number of piperazine rings is 1. The zero-order valence-corrected chi connectivity index (χ0v) is 10.1. The van der Waals surface area contributed by atoms with Crippen molar-refractivity contribution in [3.8, 4) is 0 Å². The molecule has 0 bridgehead atoms. The summed E-state index contributed by atoms with van der Waals surface area (Å²) in [7, 11) is 0. The molecule has 0 aromatic heterocycles. The Labute approximate surface area is 88.1 Å². The summed E-state index contributed by atoms with van der Waals surface area (Å²) in [6.07, 6.45) is 0. The van der Waals surface area contributed by atoms with E-state index in [1.807, 2.05) is 0 Å². The van der Waals surface area contributed by atoms with Crippen molar-refractivity contribution >= 4 is 0 Å². The normalized spacial score (nSPS) is 31.7. The van der Waals surface area contributed by atoms with Crippen molar-refractivity contribution in [3.63, 3.8) is 0 Å². The van der Waals surface area contributed by atoms with Gasteiger partial charge in [-0.15, -0.1) is 0 Å². The van der Waals surface area contributed by atoms with Crippen molar-refractivity contribution < 1.29 is 0 Å². The van der Waals surface area contributed by atoms with Gasteiger partial charge in [0.1, 0.15) is 0 Å². The summed E-state index contributed by atoms with van der Waals surface area (Å²) in [5.41, 5.74) is 1.11. The SMILES string of the molecule is CC1(C)C(CN2CCNCC2)C1(C)C. The van der Waals surface area contributed by atoms with Gasteiger partial charge in [-0.25, -0.2) is 0 Å². The lowest BCUT2D eigenvalue weighted by atomic mass is 10.0. The fourth-order valence-corrected chi connectivity index (χ4v) is 2.94.